The first-order chi connectivity index (χ1) is 14.0. The summed E-state index contributed by atoms with van der Waals surface area (Å²) in [6, 6.07) is 5.72. The van der Waals surface area contributed by atoms with Crippen molar-refractivity contribution in [2.75, 3.05) is 37.7 Å². The van der Waals surface area contributed by atoms with Crippen LogP contribution in [0.5, 0.6) is 0 Å². The third-order valence-electron chi connectivity index (χ3n) is 5.30. The van der Waals surface area contributed by atoms with Crippen LogP contribution in [0.3, 0.4) is 0 Å². The molecule has 1 aliphatic heterocycles. The zero-order chi connectivity index (χ0) is 20.4. The second-order valence-electron chi connectivity index (χ2n) is 7.26. The van der Waals surface area contributed by atoms with Crippen LogP contribution in [0, 0.1) is 0 Å². The summed E-state index contributed by atoms with van der Waals surface area (Å²) < 4.78 is 2.98. The van der Waals surface area contributed by atoms with Gasteiger partial charge in [-0.05, 0) is 18.2 Å². The van der Waals surface area contributed by atoms with Crippen LogP contribution in [-0.2, 0) is 20.1 Å². The van der Waals surface area contributed by atoms with Crippen LogP contribution in [0.1, 0.15) is 5.69 Å². The van der Waals surface area contributed by atoms with Crippen molar-refractivity contribution in [1.82, 2.24) is 24.0 Å². The molecular formula is C20H24N6O3. The molecule has 0 saturated carbocycles. The molecule has 1 aromatic carbocycles. The van der Waals surface area contributed by atoms with E-state index in [1.54, 1.807) is 17.8 Å². The van der Waals surface area contributed by atoms with Gasteiger partial charge in [0.15, 0.2) is 0 Å². The molecule has 1 N–H and O–H groups in total. The standard InChI is InChI=1S/C20H24N6O3/c1-23-12-15(21-11-19(23)28)13-24-4-6-25(7-5-24)16-2-3-17-18(10-16)22-14-26(8-9-27)20(17)29/h2-3,10-12,14,27H,4-9,13H2,1H3. The molecule has 1 saturated heterocycles. The molecule has 9 nitrogen and oxygen atoms in total. The van der Waals surface area contributed by atoms with Crippen molar-refractivity contribution in [2.45, 2.75) is 13.1 Å². The van der Waals surface area contributed by atoms with Crippen molar-refractivity contribution < 1.29 is 5.11 Å². The van der Waals surface area contributed by atoms with E-state index >= 15 is 0 Å². The Morgan fingerprint density at radius 1 is 1.10 bits per heavy atom. The van der Waals surface area contributed by atoms with Gasteiger partial charge in [-0.2, -0.15) is 0 Å². The van der Waals surface area contributed by atoms with Crippen molar-refractivity contribution in [3.8, 4) is 0 Å². The van der Waals surface area contributed by atoms with E-state index in [4.69, 9.17) is 5.11 Å². The van der Waals surface area contributed by atoms with Crippen molar-refractivity contribution >= 4 is 16.6 Å². The van der Waals surface area contributed by atoms with Gasteiger partial charge in [-0.15, -0.1) is 0 Å². The van der Waals surface area contributed by atoms with Crippen LogP contribution in [-0.4, -0.2) is 61.9 Å². The van der Waals surface area contributed by atoms with Crippen LogP contribution in [0.15, 0.2) is 46.5 Å². The number of aromatic nitrogens is 4. The quantitative estimate of drug-likeness (QED) is 0.638. The third kappa shape index (κ3) is 4.06. The fourth-order valence-corrected chi connectivity index (χ4v) is 3.64. The van der Waals surface area contributed by atoms with Gasteiger partial charge >= 0.3 is 0 Å². The Kier molecular flexibility index (Phi) is 5.41. The fraction of sp³-hybridized carbons (Fsp3) is 0.400. The molecule has 29 heavy (non-hydrogen) atoms. The topological polar surface area (TPSA) is 96.5 Å². The third-order valence-corrected chi connectivity index (χ3v) is 5.30. The Hall–Kier alpha value is -3.04. The number of anilines is 1. The summed E-state index contributed by atoms with van der Waals surface area (Å²) in [5, 5.41) is 9.61. The van der Waals surface area contributed by atoms with Crippen molar-refractivity contribution in [3.63, 3.8) is 0 Å². The maximum atomic E-state index is 12.4. The molecule has 0 atom stereocenters. The number of hydrogen-bond donors (Lipinski definition) is 1. The average molecular weight is 396 g/mol. The lowest BCUT2D eigenvalue weighted by Crippen LogP contribution is -2.46. The number of rotatable bonds is 5. The molecule has 0 amide bonds. The lowest BCUT2D eigenvalue weighted by atomic mass is 10.2. The van der Waals surface area contributed by atoms with Gasteiger partial charge in [0.2, 0.25) is 0 Å². The molecule has 1 aliphatic rings. The summed E-state index contributed by atoms with van der Waals surface area (Å²) >= 11 is 0. The van der Waals surface area contributed by atoms with E-state index in [1.165, 1.54) is 17.1 Å². The molecule has 3 aromatic rings. The average Bonchev–Trinajstić information content (AvgIpc) is 2.73. The smallest absolute Gasteiger partial charge is 0.268 e. The van der Waals surface area contributed by atoms with Gasteiger partial charge in [0.25, 0.3) is 11.1 Å². The SMILES string of the molecule is Cn1cc(CN2CCN(c3ccc4c(=O)n(CCO)cnc4c3)CC2)ncc1=O. The maximum Gasteiger partial charge on any atom is 0.268 e. The highest BCUT2D eigenvalue weighted by Crippen LogP contribution is 2.20. The minimum atomic E-state index is -0.134. The number of benzene rings is 1. The van der Waals surface area contributed by atoms with Gasteiger partial charge in [0.1, 0.15) is 0 Å². The predicted molar refractivity (Wildman–Crippen MR) is 110 cm³/mol. The number of hydrogen-bond acceptors (Lipinski definition) is 7. The number of aryl methyl sites for hydroxylation is 1. The van der Waals surface area contributed by atoms with Gasteiger partial charge in [-0.25, -0.2) is 4.98 Å². The Morgan fingerprint density at radius 3 is 2.62 bits per heavy atom. The largest absolute Gasteiger partial charge is 0.395 e. The van der Waals surface area contributed by atoms with Gasteiger partial charge < -0.3 is 14.6 Å². The van der Waals surface area contributed by atoms with Gasteiger partial charge in [-0.1, -0.05) is 0 Å². The van der Waals surface area contributed by atoms with E-state index in [2.05, 4.69) is 19.8 Å². The van der Waals surface area contributed by atoms with Gasteiger partial charge in [0.05, 0.1) is 42.3 Å². The predicted octanol–water partition coefficient (Wildman–Crippen LogP) is -0.195. The first kappa shape index (κ1) is 19.3. The lowest BCUT2D eigenvalue weighted by molar-refractivity contribution is 0.246. The van der Waals surface area contributed by atoms with E-state index in [9.17, 15) is 9.59 Å². The van der Waals surface area contributed by atoms with Crippen molar-refractivity contribution in [1.29, 1.82) is 0 Å². The molecule has 2 aromatic heterocycles. The Balaban J connectivity index is 1.44. The molecule has 0 bridgehead atoms. The van der Waals surface area contributed by atoms with E-state index in [1.807, 2.05) is 18.2 Å². The molecule has 4 rings (SSSR count). The summed E-state index contributed by atoms with van der Waals surface area (Å²) in [6.07, 6.45) is 4.64. The Bertz CT molecular complexity index is 1130. The molecular weight excluding hydrogens is 372 g/mol. The van der Waals surface area contributed by atoms with E-state index in [0.29, 0.717) is 17.4 Å². The van der Waals surface area contributed by atoms with Gasteiger partial charge in [0, 0.05) is 51.7 Å². The summed E-state index contributed by atoms with van der Waals surface area (Å²) in [5.41, 5.74) is 2.36. The van der Waals surface area contributed by atoms with E-state index in [-0.39, 0.29) is 24.3 Å². The molecule has 0 unspecified atom stereocenters. The summed E-state index contributed by atoms with van der Waals surface area (Å²) in [4.78, 5) is 37.1. The summed E-state index contributed by atoms with van der Waals surface area (Å²) in [5.74, 6) is 0. The summed E-state index contributed by atoms with van der Waals surface area (Å²) in [7, 11) is 1.73. The molecule has 152 valence electrons. The number of nitrogens with zero attached hydrogens (tertiary/aromatic N) is 6. The fourth-order valence-electron chi connectivity index (χ4n) is 3.64. The molecule has 0 radical (unpaired) electrons. The number of piperazine rings is 1. The van der Waals surface area contributed by atoms with Crippen molar-refractivity contribution in [2.24, 2.45) is 7.05 Å². The molecule has 0 aliphatic carbocycles. The maximum absolute atomic E-state index is 12.4. The van der Waals surface area contributed by atoms with E-state index < -0.39 is 0 Å². The first-order valence-corrected chi connectivity index (χ1v) is 9.64. The second kappa shape index (κ2) is 8.14. The van der Waals surface area contributed by atoms with Gasteiger partial charge in [-0.3, -0.25) is 24.0 Å². The van der Waals surface area contributed by atoms with E-state index in [0.717, 1.165) is 37.6 Å². The molecule has 9 heteroatoms. The highest BCUT2D eigenvalue weighted by molar-refractivity contribution is 5.81. The van der Waals surface area contributed by atoms with Crippen LogP contribution in [0.2, 0.25) is 0 Å². The second-order valence-corrected chi connectivity index (χ2v) is 7.26. The minimum Gasteiger partial charge on any atom is -0.395 e. The normalized spacial score (nSPS) is 15.2. The van der Waals surface area contributed by atoms with Crippen LogP contribution in [0.25, 0.3) is 10.9 Å². The monoisotopic (exact) mass is 396 g/mol. The molecule has 0 spiro atoms. The molecule has 3 heterocycles. The van der Waals surface area contributed by atoms with Crippen molar-refractivity contribution in [3.05, 3.63) is 63.3 Å². The first-order valence-electron chi connectivity index (χ1n) is 9.64. The van der Waals surface area contributed by atoms with Crippen LogP contribution >= 0.6 is 0 Å². The highest BCUT2D eigenvalue weighted by Gasteiger charge is 2.18. The van der Waals surface area contributed by atoms with Crippen LogP contribution < -0.4 is 16.0 Å². The lowest BCUT2D eigenvalue weighted by Gasteiger charge is -2.36. The van der Waals surface area contributed by atoms with Crippen LogP contribution in [0.4, 0.5) is 5.69 Å². The zero-order valence-corrected chi connectivity index (χ0v) is 16.4. The summed E-state index contributed by atoms with van der Waals surface area (Å²) in [6.45, 7) is 4.35. The number of aliphatic hydroxyl groups excluding tert-OH is 1. The number of fused-ring (bicyclic) bond motifs is 1. The Morgan fingerprint density at radius 2 is 1.90 bits per heavy atom. The minimum absolute atomic E-state index is 0.0930. The zero-order valence-electron chi connectivity index (χ0n) is 16.4. The molecule has 1 fully saturated rings. The highest BCUT2D eigenvalue weighted by atomic mass is 16.3. The Labute approximate surface area is 167 Å². The number of aliphatic hydroxyl groups is 1.